The summed E-state index contributed by atoms with van der Waals surface area (Å²) in [4.78, 5) is 41.4. The standard InChI is InChI=1S/C19H18ClN5O4/c1-11(17-22-16-10-12(20)4-9-15(16)18(26)24(17)3)23(2)19(27)21-13-5-7-14(8-6-13)25(28)29/h4-11H,1-3H3,(H,21,27). The Morgan fingerprint density at radius 2 is 1.93 bits per heavy atom. The number of nitrogens with one attached hydrogen (secondary N) is 1. The van der Waals surface area contributed by atoms with Crippen LogP contribution in [-0.4, -0.2) is 32.5 Å². The van der Waals surface area contributed by atoms with Crippen LogP contribution in [0.2, 0.25) is 5.02 Å². The Morgan fingerprint density at radius 3 is 2.55 bits per heavy atom. The summed E-state index contributed by atoms with van der Waals surface area (Å²) < 4.78 is 1.40. The molecule has 1 aromatic heterocycles. The molecule has 150 valence electrons. The quantitative estimate of drug-likeness (QED) is 0.515. The number of halogens is 1. The average Bonchev–Trinajstić information content (AvgIpc) is 2.69. The first-order valence-electron chi connectivity index (χ1n) is 8.63. The summed E-state index contributed by atoms with van der Waals surface area (Å²) >= 11 is 6.01. The van der Waals surface area contributed by atoms with Gasteiger partial charge in [0.15, 0.2) is 0 Å². The van der Waals surface area contributed by atoms with Crippen molar-refractivity contribution in [1.29, 1.82) is 0 Å². The summed E-state index contributed by atoms with van der Waals surface area (Å²) in [5.74, 6) is 0.395. The fourth-order valence-electron chi connectivity index (χ4n) is 2.86. The molecular formula is C19H18ClN5O4. The van der Waals surface area contributed by atoms with Gasteiger partial charge in [-0.25, -0.2) is 9.78 Å². The summed E-state index contributed by atoms with van der Waals surface area (Å²) in [6.45, 7) is 1.74. The lowest BCUT2D eigenvalue weighted by atomic mass is 10.2. The van der Waals surface area contributed by atoms with E-state index in [1.165, 1.54) is 33.7 Å². The molecular weight excluding hydrogens is 398 g/mol. The average molecular weight is 416 g/mol. The van der Waals surface area contributed by atoms with E-state index in [1.54, 1.807) is 39.2 Å². The van der Waals surface area contributed by atoms with Crippen LogP contribution in [-0.2, 0) is 7.05 Å². The minimum absolute atomic E-state index is 0.0706. The first-order chi connectivity index (χ1) is 13.7. The number of nitro benzene ring substituents is 1. The molecule has 1 N–H and O–H groups in total. The van der Waals surface area contributed by atoms with E-state index < -0.39 is 17.0 Å². The number of carbonyl (C=O) groups is 1. The summed E-state index contributed by atoms with van der Waals surface area (Å²) in [5.41, 5.74) is 0.551. The van der Waals surface area contributed by atoms with E-state index in [1.807, 2.05) is 0 Å². The number of urea groups is 1. The minimum atomic E-state index is -0.533. The van der Waals surface area contributed by atoms with Gasteiger partial charge in [-0.2, -0.15) is 0 Å². The molecule has 3 rings (SSSR count). The Balaban J connectivity index is 1.86. The maximum atomic E-state index is 12.6. The molecule has 0 aliphatic carbocycles. The molecule has 3 aromatic rings. The summed E-state index contributed by atoms with van der Waals surface area (Å²) in [7, 11) is 3.16. The third kappa shape index (κ3) is 4.04. The second-order valence-corrected chi connectivity index (χ2v) is 6.95. The zero-order valence-electron chi connectivity index (χ0n) is 15.9. The van der Waals surface area contributed by atoms with Crippen molar-refractivity contribution in [2.24, 2.45) is 7.05 Å². The normalized spacial score (nSPS) is 11.9. The molecule has 0 spiro atoms. The van der Waals surface area contributed by atoms with Crippen LogP contribution in [0.15, 0.2) is 47.3 Å². The zero-order chi connectivity index (χ0) is 21.3. The van der Waals surface area contributed by atoms with E-state index in [0.717, 1.165) is 0 Å². The minimum Gasteiger partial charge on any atom is -0.318 e. The fraction of sp³-hybridized carbons (Fsp3) is 0.211. The molecule has 1 unspecified atom stereocenters. The van der Waals surface area contributed by atoms with Gasteiger partial charge in [0.05, 0.1) is 21.9 Å². The van der Waals surface area contributed by atoms with E-state index in [2.05, 4.69) is 10.3 Å². The lowest BCUT2D eigenvalue weighted by Gasteiger charge is -2.26. The molecule has 0 fully saturated rings. The van der Waals surface area contributed by atoms with Gasteiger partial charge >= 0.3 is 6.03 Å². The van der Waals surface area contributed by atoms with Gasteiger partial charge in [0.25, 0.3) is 11.2 Å². The number of fused-ring (bicyclic) bond motifs is 1. The van der Waals surface area contributed by atoms with Gasteiger partial charge in [-0.15, -0.1) is 0 Å². The van der Waals surface area contributed by atoms with Gasteiger partial charge < -0.3 is 10.2 Å². The lowest BCUT2D eigenvalue weighted by molar-refractivity contribution is -0.384. The maximum Gasteiger partial charge on any atom is 0.322 e. The topological polar surface area (TPSA) is 110 Å². The van der Waals surface area contributed by atoms with Crippen molar-refractivity contribution >= 4 is 39.9 Å². The van der Waals surface area contributed by atoms with Crippen LogP contribution in [0, 0.1) is 10.1 Å². The Bertz CT molecular complexity index is 1160. The number of anilines is 1. The maximum absolute atomic E-state index is 12.6. The molecule has 2 aromatic carbocycles. The van der Waals surface area contributed by atoms with Crippen molar-refractivity contribution in [3.63, 3.8) is 0 Å². The molecule has 0 aliphatic rings. The Morgan fingerprint density at radius 1 is 1.28 bits per heavy atom. The highest BCUT2D eigenvalue weighted by Crippen LogP contribution is 2.22. The number of hydrogen-bond donors (Lipinski definition) is 1. The monoisotopic (exact) mass is 415 g/mol. The summed E-state index contributed by atoms with van der Waals surface area (Å²) in [6.07, 6.45) is 0. The third-order valence-electron chi connectivity index (χ3n) is 4.68. The van der Waals surface area contributed by atoms with Gasteiger partial charge in [-0.05, 0) is 37.3 Å². The van der Waals surface area contributed by atoms with Crippen molar-refractivity contribution < 1.29 is 9.72 Å². The lowest BCUT2D eigenvalue weighted by Crippen LogP contribution is -2.37. The number of benzene rings is 2. The van der Waals surface area contributed by atoms with Gasteiger partial charge in [-0.1, -0.05) is 11.6 Å². The van der Waals surface area contributed by atoms with Crippen molar-refractivity contribution in [3.8, 4) is 0 Å². The van der Waals surface area contributed by atoms with Crippen molar-refractivity contribution in [3.05, 3.63) is 73.8 Å². The van der Waals surface area contributed by atoms with E-state index in [0.29, 0.717) is 27.4 Å². The SMILES string of the molecule is CC(c1nc2cc(Cl)ccc2c(=O)n1C)N(C)C(=O)Nc1ccc([N+](=O)[O-])cc1. The predicted molar refractivity (Wildman–Crippen MR) is 110 cm³/mol. The second kappa shape index (κ2) is 7.88. The number of nitrogens with zero attached hydrogens (tertiary/aromatic N) is 4. The molecule has 0 saturated carbocycles. The highest BCUT2D eigenvalue weighted by molar-refractivity contribution is 6.31. The first-order valence-corrected chi connectivity index (χ1v) is 9.01. The van der Waals surface area contributed by atoms with Gasteiger partial charge in [-0.3, -0.25) is 19.5 Å². The highest BCUT2D eigenvalue weighted by atomic mass is 35.5. The highest BCUT2D eigenvalue weighted by Gasteiger charge is 2.22. The van der Waals surface area contributed by atoms with E-state index in [9.17, 15) is 19.7 Å². The van der Waals surface area contributed by atoms with Crippen molar-refractivity contribution in [2.75, 3.05) is 12.4 Å². The van der Waals surface area contributed by atoms with E-state index in [4.69, 9.17) is 11.6 Å². The first kappa shape index (κ1) is 20.3. The van der Waals surface area contributed by atoms with Gasteiger partial charge in [0.2, 0.25) is 0 Å². The van der Waals surface area contributed by atoms with Crippen molar-refractivity contribution in [1.82, 2.24) is 14.5 Å². The molecule has 0 saturated heterocycles. The summed E-state index contributed by atoms with van der Waals surface area (Å²) in [6, 6.07) is 9.36. The third-order valence-corrected chi connectivity index (χ3v) is 4.91. The zero-order valence-corrected chi connectivity index (χ0v) is 16.7. The molecule has 0 aliphatic heterocycles. The van der Waals surface area contributed by atoms with Crippen LogP contribution in [0.1, 0.15) is 18.8 Å². The van der Waals surface area contributed by atoms with Crippen LogP contribution in [0.25, 0.3) is 10.9 Å². The molecule has 9 nitrogen and oxygen atoms in total. The number of nitro groups is 1. The second-order valence-electron chi connectivity index (χ2n) is 6.52. The number of amides is 2. The van der Waals surface area contributed by atoms with Crippen LogP contribution < -0.4 is 10.9 Å². The molecule has 29 heavy (non-hydrogen) atoms. The molecule has 1 heterocycles. The predicted octanol–water partition coefficient (Wildman–Crippen LogP) is 3.72. The number of carbonyl (C=O) groups excluding carboxylic acids is 1. The van der Waals surface area contributed by atoms with Crippen LogP contribution in [0.3, 0.4) is 0 Å². The summed E-state index contributed by atoms with van der Waals surface area (Å²) in [5, 5.41) is 14.3. The Hall–Kier alpha value is -3.46. The Kier molecular flexibility index (Phi) is 5.51. The smallest absolute Gasteiger partial charge is 0.318 e. The van der Waals surface area contributed by atoms with Crippen LogP contribution >= 0.6 is 11.6 Å². The Labute approximate surface area is 170 Å². The molecule has 2 amide bonds. The number of rotatable bonds is 4. The van der Waals surface area contributed by atoms with Crippen LogP contribution in [0.5, 0.6) is 0 Å². The fourth-order valence-corrected chi connectivity index (χ4v) is 3.03. The number of aromatic nitrogens is 2. The molecule has 0 bridgehead atoms. The number of hydrogen-bond acceptors (Lipinski definition) is 5. The number of non-ortho nitro benzene ring substituents is 1. The largest absolute Gasteiger partial charge is 0.322 e. The molecule has 10 heteroatoms. The van der Waals surface area contributed by atoms with Crippen molar-refractivity contribution in [2.45, 2.75) is 13.0 Å². The van der Waals surface area contributed by atoms with Gasteiger partial charge in [0.1, 0.15) is 5.82 Å². The van der Waals surface area contributed by atoms with E-state index in [-0.39, 0.29) is 11.2 Å². The van der Waals surface area contributed by atoms with E-state index >= 15 is 0 Å². The molecule has 1 atom stereocenters. The van der Waals surface area contributed by atoms with Crippen LogP contribution in [0.4, 0.5) is 16.2 Å². The molecule has 0 radical (unpaired) electrons. The van der Waals surface area contributed by atoms with Gasteiger partial charge in [0, 0.05) is 36.9 Å².